The number of nitrogens with zero attached hydrogens (tertiary/aromatic N) is 2. The van der Waals surface area contributed by atoms with Crippen LogP contribution in [-0.4, -0.2) is 20.3 Å². The van der Waals surface area contributed by atoms with E-state index in [9.17, 15) is 9.90 Å². The van der Waals surface area contributed by atoms with Crippen LogP contribution in [0.5, 0.6) is 5.75 Å². The maximum Gasteiger partial charge on any atom is 0.328 e. The van der Waals surface area contributed by atoms with Crippen LogP contribution in [0.15, 0.2) is 41.5 Å². The van der Waals surface area contributed by atoms with E-state index < -0.39 is 6.10 Å². The summed E-state index contributed by atoms with van der Waals surface area (Å²) in [7, 11) is 0. The number of aliphatic hydroxyl groups excluding tert-OH is 1. The van der Waals surface area contributed by atoms with Gasteiger partial charge in [-0.2, -0.15) is 0 Å². The van der Waals surface area contributed by atoms with Gasteiger partial charge < -0.3 is 9.84 Å². The van der Waals surface area contributed by atoms with E-state index >= 15 is 0 Å². The Balaban J connectivity index is 2.07. The summed E-state index contributed by atoms with van der Waals surface area (Å²) in [6.07, 6.45) is 2.83. The molecule has 2 rings (SSSR count). The molecule has 1 heterocycles. The van der Waals surface area contributed by atoms with Gasteiger partial charge >= 0.3 is 5.69 Å². The molecule has 5 nitrogen and oxygen atoms in total. The predicted octanol–water partition coefficient (Wildman–Crippen LogP) is 2.19. The Labute approximate surface area is 124 Å². The summed E-state index contributed by atoms with van der Waals surface area (Å²) in [5.74, 6) is 0.773. The molecule has 1 unspecified atom stereocenters. The van der Waals surface area contributed by atoms with E-state index in [1.807, 2.05) is 45.0 Å². The van der Waals surface area contributed by atoms with Crippen molar-refractivity contribution in [2.24, 2.45) is 0 Å². The molecule has 0 spiro atoms. The highest BCUT2D eigenvalue weighted by Crippen LogP contribution is 2.19. The van der Waals surface area contributed by atoms with Crippen LogP contribution < -0.4 is 10.4 Å². The van der Waals surface area contributed by atoms with Crippen LogP contribution >= 0.6 is 0 Å². The molecule has 5 heteroatoms. The van der Waals surface area contributed by atoms with Gasteiger partial charge in [0, 0.05) is 18.9 Å². The number of benzene rings is 1. The zero-order chi connectivity index (χ0) is 15.4. The first-order chi connectivity index (χ1) is 10.0. The second kappa shape index (κ2) is 6.63. The number of aryl methyl sites for hydroxylation is 1. The Hall–Kier alpha value is -2.01. The molecule has 0 aliphatic heterocycles. The summed E-state index contributed by atoms with van der Waals surface area (Å²) in [5.41, 5.74) is 0.665. The minimum atomic E-state index is -0.719. The van der Waals surface area contributed by atoms with Crippen molar-refractivity contribution in [3.63, 3.8) is 0 Å². The van der Waals surface area contributed by atoms with Crippen LogP contribution in [-0.2, 0) is 13.1 Å². The maximum atomic E-state index is 11.9. The molecule has 0 fully saturated rings. The van der Waals surface area contributed by atoms with Crippen molar-refractivity contribution in [1.82, 2.24) is 9.13 Å². The van der Waals surface area contributed by atoms with Crippen molar-refractivity contribution in [3.05, 3.63) is 52.7 Å². The Kier molecular flexibility index (Phi) is 4.85. The summed E-state index contributed by atoms with van der Waals surface area (Å²) in [6.45, 7) is 6.72. The zero-order valence-electron chi connectivity index (χ0n) is 12.7. The number of ether oxygens (including phenoxy) is 1. The van der Waals surface area contributed by atoms with E-state index in [0.717, 1.165) is 11.3 Å². The summed E-state index contributed by atoms with van der Waals surface area (Å²) in [4.78, 5) is 11.9. The van der Waals surface area contributed by atoms with Crippen molar-refractivity contribution in [2.45, 2.75) is 46.1 Å². The fourth-order valence-corrected chi connectivity index (χ4v) is 2.17. The summed E-state index contributed by atoms with van der Waals surface area (Å²) in [6, 6.07) is 7.31. The molecule has 114 valence electrons. The standard InChI is InChI=1S/C16H22N2O3/c1-4-17-9-10-18(16(17)20)11-15(19)13-5-7-14(8-6-13)21-12(2)3/h5-10,12,15,19H,4,11H2,1-3H3. The van der Waals surface area contributed by atoms with Crippen LogP contribution in [0.25, 0.3) is 0 Å². The SMILES string of the molecule is CCn1ccn(CC(O)c2ccc(OC(C)C)cc2)c1=O. The van der Waals surface area contributed by atoms with Gasteiger partial charge in [0.2, 0.25) is 0 Å². The third-order valence-electron chi connectivity index (χ3n) is 3.26. The van der Waals surface area contributed by atoms with Gasteiger partial charge in [-0.05, 0) is 38.5 Å². The first kappa shape index (κ1) is 15.4. The van der Waals surface area contributed by atoms with E-state index in [0.29, 0.717) is 6.54 Å². The van der Waals surface area contributed by atoms with Crippen molar-refractivity contribution < 1.29 is 9.84 Å². The molecule has 1 N–H and O–H groups in total. The molecule has 1 aromatic carbocycles. The number of hydrogen-bond acceptors (Lipinski definition) is 3. The quantitative estimate of drug-likeness (QED) is 0.887. The van der Waals surface area contributed by atoms with Crippen molar-refractivity contribution in [2.75, 3.05) is 0 Å². The van der Waals surface area contributed by atoms with E-state index in [2.05, 4.69) is 0 Å². The topological polar surface area (TPSA) is 56.4 Å². The van der Waals surface area contributed by atoms with Crippen LogP contribution in [0.3, 0.4) is 0 Å². The number of aromatic nitrogens is 2. The van der Waals surface area contributed by atoms with Gasteiger partial charge in [-0.3, -0.25) is 9.13 Å². The normalized spacial score (nSPS) is 12.6. The number of hydrogen-bond donors (Lipinski definition) is 1. The molecule has 0 saturated carbocycles. The Morgan fingerprint density at radius 3 is 2.29 bits per heavy atom. The number of aliphatic hydroxyl groups is 1. The van der Waals surface area contributed by atoms with Gasteiger partial charge in [-0.25, -0.2) is 4.79 Å². The smallest absolute Gasteiger partial charge is 0.328 e. The molecule has 0 amide bonds. The van der Waals surface area contributed by atoms with Crippen LogP contribution in [0.4, 0.5) is 0 Å². The third kappa shape index (κ3) is 3.76. The number of rotatable bonds is 6. The average Bonchev–Trinajstić information content (AvgIpc) is 2.79. The Bertz CT molecular complexity index is 626. The zero-order valence-corrected chi connectivity index (χ0v) is 12.7. The lowest BCUT2D eigenvalue weighted by atomic mass is 10.1. The molecular weight excluding hydrogens is 268 g/mol. The van der Waals surface area contributed by atoms with E-state index in [1.165, 1.54) is 4.57 Å². The van der Waals surface area contributed by atoms with E-state index in [4.69, 9.17) is 4.74 Å². The maximum absolute atomic E-state index is 11.9. The fraction of sp³-hybridized carbons (Fsp3) is 0.438. The highest BCUT2D eigenvalue weighted by atomic mass is 16.5. The monoisotopic (exact) mass is 290 g/mol. The number of imidazole rings is 1. The molecule has 21 heavy (non-hydrogen) atoms. The van der Waals surface area contributed by atoms with Crippen LogP contribution in [0, 0.1) is 0 Å². The first-order valence-corrected chi connectivity index (χ1v) is 7.21. The predicted molar refractivity (Wildman–Crippen MR) is 81.5 cm³/mol. The summed E-state index contributed by atoms with van der Waals surface area (Å²) >= 11 is 0. The third-order valence-corrected chi connectivity index (χ3v) is 3.26. The fourth-order valence-electron chi connectivity index (χ4n) is 2.17. The Morgan fingerprint density at radius 2 is 1.76 bits per heavy atom. The molecular formula is C16H22N2O3. The van der Waals surface area contributed by atoms with Gasteiger partial charge in [0.1, 0.15) is 5.75 Å². The molecule has 2 aromatic rings. The van der Waals surface area contributed by atoms with Crippen molar-refractivity contribution in [1.29, 1.82) is 0 Å². The van der Waals surface area contributed by atoms with E-state index in [1.54, 1.807) is 17.0 Å². The van der Waals surface area contributed by atoms with Gasteiger partial charge in [0.25, 0.3) is 0 Å². The molecule has 0 radical (unpaired) electrons. The molecule has 1 aromatic heterocycles. The molecule has 0 aliphatic rings. The van der Waals surface area contributed by atoms with Gasteiger partial charge in [0.15, 0.2) is 0 Å². The minimum Gasteiger partial charge on any atom is -0.491 e. The second-order valence-electron chi connectivity index (χ2n) is 5.27. The highest BCUT2D eigenvalue weighted by Gasteiger charge is 2.11. The van der Waals surface area contributed by atoms with Crippen LogP contribution in [0.1, 0.15) is 32.4 Å². The highest BCUT2D eigenvalue weighted by molar-refractivity contribution is 5.28. The van der Waals surface area contributed by atoms with Crippen LogP contribution in [0.2, 0.25) is 0 Å². The molecule has 0 aliphatic carbocycles. The average molecular weight is 290 g/mol. The van der Waals surface area contributed by atoms with Crippen molar-refractivity contribution in [3.8, 4) is 5.75 Å². The lowest BCUT2D eigenvalue weighted by Gasteiger charge is -2.13. The molecule has 0 saturated heterocycles. The first-order valence-electron chi connectivity index (χ1n) is 7.21. The largest absolute Gasteiger partial charge is 0.491 e. The molecule has 1 atom stereocenters. The lowest BCUT2D eigenvalue weighted by molar-refractivity contribution is 0.154. The lowest BCUT2D eigenvalue weighted by Crippen LogP contribution is -2.25. The van der Waals surface area contributed by atoms with Gasteiger partial charge in [0.05, 0.1) is 18.8 Å². The summed E-state index contributed by atoms with van der Waals surface area (Å²) < 4.78 is 8.69. The second-order valence-corrected chi connectivity index (χ2v) is 5.27. The summed E-state index contributed by atoms with van der Waals surface area (Å²) in [5, 5.41) is 10.2. The van der Waals surface area contributed by atoms with Gasteiger partial charge in [-0.1, -0.05) is 12.1 Å². The minimum absolute atomic E-state index is 0.101. The van der Waals surface area contributed by atoms with Crippen molar-refractivity contribution >= 4 is 0 Å². The van der Waals surface area contributed by atoms with Gasteiger partial charge in [-0.15, -0.1) is 0 Å². The molecule has 0 bridgehead atoms. The Morgan fingerprint density at radius 1 is 1.14 bits per heavy atom. The van der Waals surface area contributed by atoms with E-state index in [-0.39, 0.29) is 18.3 Å².